The molecule has 2 aromatic rings. The Labute approximate surface area is 142 Å². The Morgan fingerprint density at radius 2 is 1.96 bits per heavy atom. The van der Waals surface area contributed by atoms with Crippen LogP contribution in [0.15, 0.2) is 36.4 Å². The van der Waals surface area contributed by atoms with Gasteiger partial charge in [-0.2, -0.15) is 0 Å². The van der Waals surface area contributed by atoms with Crippen molar-refractivity contribution in [3.63, 3.8) is 0 Å². The largest absolute Gasteiger partial charge is 0.381 e. The number of carbonyl (C=O) groups is 1. The molecule has 2 aliphatic heterocycles. The number of nitrogens with one attached hydrogen (secondary N) is 2. The first-order valence-corrected chi connectivity index (χ1v) is 8.49. The molecule has 24 heavy (non-hydrogen) atoms. The van der Waals surface area contributed by atoms with E-state index in [9.17, 15) is 9.18 Å². The Bertz CT molecular complexity index is 833. The molecule has 2 aliphatic carbocycles. The molecule has 0 saturated heterocycles. The van der Waals surface area contributed by atoms with E-state index in [2.05, 4.69) is 16.7 Å². The van der Waals surface area contributed by atoms with Crippen LogP contribution in [0, 0.1) is 5.82 Å². The molecule has 0 spiro atoms. The quantitative estimate of drug-likeness (QED) is 0.901. The number of anilines is 1. The highest BCUT2D eigenvalue weighted by molar-refractivity contribution is 5.95. The van der Waals surface area contributed by atoms with Crippen LogP contribution >= 0.6 is 0 Å². The van der Waals surface area contributed by atoms with Crippen LogP contribution < -0.4 is 10.6 Å². The fraction of sp³-hybridized carbons (Fsp3) is 0.368. The molecule has 1 aromatic carbocycles. The lowest BCUT2D eigenvalue weighted by Gasteiger charge is -2.43. The van der Waals surface area contributed by atoms with Gasteiger partial charge in [0.1, 0.15) is 5.82 Å². The molecular weight excluding hydrogens is 305 g/mol. The van der Waals surface area contributed by atoms with E-state index < -0.39 is 0 Å². The number of nitrogens with zero attached hydrogens (tertiary/aromatic N) is 1. The molecule has 0 unspecified atom stereocenters. The Morgan fingerprint density at radius 3 is 2.67 bits per heavy atom. The van der Waals surface area contributed by atoms with Crippen molar-refractivity contribution in [1.82, 2.24) is 10.3 Å². The minimum atomic E-state index is -0.360. The molecule has 2 bridgehead atoms. The average Bonchev–Trinajstić information content (AvgIpc) is 3.34. The van der Waals surface area contributed by atoms with Crippen molar-refractivity contribution in [3.05, 3.63) is 59.2 Å². The molecular formula is C19H22FN3O. The molecule has 126 valence electrons. The maximum atomic E-state index is 13.0. The maximum absolute atomic E-state index is 13.0. The lowest BCUT2D eigenvalue weighted by molar-refractivity contribution is 0.0929. The molecule has 2 fully saturated rings. The van der Waals surface area contributed by atoms with Gasteiger partial charge in [0, 0.05) is 20.4 Å². The van der Waals surface area contributed by atoms with E-state index in [1.54, 1.807) is 0 Å². The van der Waals surface area contributed by atoms with Gasteiger partial charge in [-0.15, -0.1) is 0 Å². The first-order chi connectivity index (χ1) is 11.6. The van der Waals surface area contributed by atoms with Crippen LogP contribution in [0.25, 0.3) is 0 Å². The van der Waals surface area contributed by atoms with Gasteiger partial charge in [-0.25, -0.2) is 4.39 Å². The van der Waals surface area contributed by atoms with Crippen molar-refractivity contribution in [2.24, 2.45) is 0 Å². The van der Waals surface area contributed by atoms with E-state index in [-0.39, 0.29) is 20.1 Å². The van der Waals surface area contributed by atoms with Gasteiger partial charge in [0.2, 0.25) is 0 Å². The third-order valence-corrected chi connectivity index (χ3v) is 5.51. The van der Waals surface area contributed by atoms with Gasteiger partial charge in [-0.05, 0) is 62.1 Å². The number of benzene rings is 1. The highest BCUT2D eigenvalue weighted by Crippen LogP contribution is 2.49. The molecule has 1 aromatic heterocycles. The molecule has 2 N–H and O–H groups in total. The number of carbonyl (C=O) groups excluding carboxylic acids is 1. The lowest BCUT2D eigenvalue weighted by atomic mass is 9.74. The van der Waals surface area contributed by atoms with E-state index in [1.807, 2.05) is 6.07 Å². The summed E-state index contributed by atoms with van der Waals surface area (Å²) in [6, 6.07) is 10.4. The third kappa shape index (κ3) is 2.11. The number of rotatable bonds is 3. The molecule has 5 heteroatoms. The molecule has 0 radical (unpaired) electrons. The van der Waals surface area contributed by atoms with Crippen molar-refractivity contribution in [3.8, 4) is 0 Å². The van der Waals surface area contributed by atoms with Gasteiger partial charge in [-0.3, -0.25) is 9.78 Å². The van der Waals surface area contributed by atoms with Gasteiger partial charge in [-0.1, -0.05) is 0 Å². The lowest BCUT2D eigenvalue weighted by Crippen LogP contribution is -2.41. The number of hydrogen-bond donors (Lipinski definition) is 2. The predicted molar refractivity (Wildman–Crippen MR) is 92.6 cm³/mol. The molecule has 4 nitrogen and oxygen atoms in total. The Morgan fingerprint density at radius 1 is 1.21 bits per heavy atom. The third-order valence-electron chi connectivity index (χ3n) is 5.51. The second-order valence-electron chi connectivity index (χ2n) is 7.18. The Hall–Kier alpha value is -2.43. The standard InChI is InChI=1S/C19H18FN3O.2H2/c20-13-3-1-11(2-4-13)18(24)23-19(7-8-19)16-6-5-15-17(22-16)12-9-14(10-12)21-15;;/h1-6,12,14,21H,7-10H2,(H,23,24);2*1H. The summed E-state index contributed by atoms with van der Waals surface area (Å²) in [5, 5.41) is 6.62. The summed E-state index contributed by atoms with van der Waals surface area (Å²) in [6.07, 6.45) is 4.12. The summed E-state index contributed by atoms with van der Waals surface area (Å²) < 4.78 is 13.0. The number of amides is 1. The molecule has 3 heterocycles. The first-order valence-electron chi connectivity index (χ1n) is 8.49. The zero-order valence-electron chi connectivity index (χ0n) is 13.2. The van der Waals surface area contributed by atoms with Gasteiger partial charge in [0.05, 0.1) is 22.6 Å². The summed E-state index contributed by atoms with van der Waals surface area (Å²) >= 11 is 0. The zero-order valence-corrected chi connectivity index (χ0v) is 13.2. The number of hydrogen-bond acceptors (Lipinski definition) is 3. The summed E-state index contributed by atoms with van der Waals surface area (Å²) in [5.41, 5.74) is 3.36. The SMILES string of the molecule is O=C(NC1(c2ccc3c(n2)C2CC(C2)N3)CC1)c1ccc(F)cc1.[HH].[HH]. The minimum absolute atomic E-state index is 0. The van der Waals surface area contributed by atoms with Gasteiger partial charge in [0.15, 0.2) is 0 Å². The minimum Gasteiger partial charge on any atom is -0.381 e. The molecule has 1 amide bonds. The van der Waals surface area contributed by atoms with E-state index in [0.29, 0.717) is 17.5 Å². The number of pyridine rings is 1. The highest BCUT2D eigenvalue weighted by atomic mass is 19.1. The van der Waals surface area contributed by atoms with Crippen molar-refractivity contribution in [2.75, 3.05) is 5.32 Å². The maximum Gasteiger partial charge on any atom is 0.252 e. The average molecular weight is 327 g/mol. The van der Waals surface area contributed by atoms with Gasteiger partial charge in [0.25, 0.3) is 5.91 Å². The summed E-state index contributed by atoms with van der Waals surface area (Å²) in [5.74, 6) is 0.0546. The molecule has 0 atom stereocenters. The fourth-order valence-electron chi connectivity index (χ4n) is 3.81. The van der Waals surface area contributed by atoms with Gasteiger partial charge >= 0.3 is 0 Å². The first kappa shape index (κ1) is 14.0. The van der Waals surface area contributed by atoms with Crippen LogP contribution in [-0.4, -0.2) is 16.9 Å². The zero-order chi connectivity index (χ0) is 16.3. The number of halogens is 1. The predicted octanol–water partition coefficient (Wildman–Crippen LogP) is 3.80. The monoisotopic (exact) mass is 327 g/mol. The Kier molecular flexibility index (Phi) is 2.78. The van der Waals surface area contributed by atoms with Crippen molar-refractivity contribution in [1.29, 1.82) is 0 Å². The smallest absolute Gasteiger partial charge is 0.252 e. The highest BCUT2D eigenvalue weighted by Gasteiger charge is 2.48. The summed E-state index contributed by atoms with van der Waals surface area (Å²) in [6.45, 7) is 0. The van der Waals surface area contributed by atoms with E-state index in [0.717, 1.165) is 29.9 Å². The van der Waals surface area contributed by atoms with E-state index >= 15 is 0 Å². The second-order valence-corrected chi connectivity index (χ2v) is 7.18. The van der Waals surface area contributed by atoms with Gasteiger partial charge < -0.3 is 10.6 Å². The molecule has 4 aliphatic rings. The van der Waals surface area contributed by atoms with Crippen LogP contribution in [0.4, 0.5) is 10.1 Å². The van der Waals surface area contributed by atoms with Crippen LogP contribution in [0.2, 0.25) is 0 Å². The summed E-state index contributed by atoms with van der Waals surface area (Å²) in [7, 11) is 0. The second kappa shape index (κ2) is 4.79. The summed E-state index contributed by atoms with van der Waals surface area (Å²) in [4.78, 5) is 17.4. The molecule has 6 rings (SSSR count). The fourth-order valence-corrected chi connectivity index (χ4v) is 3.81. The number of aromatic nitrogens is 1. The Balaban J connectivity index is 0.000000980. The van der Waals surface area contributed by atoms with Crippen LogP contribution in [-0.2, 0) is 5.54 Å². The van der Waals surface area contributed by atoms with Crippen molar-refractivity contribution >= 4 is 11.6 Å². The van der Waals surface area contributed by atoms with Crippen LogP contribution in [0.1, 0.15) is 56.2 Å². The van der Waals surface area contributed by atoms with Crippen molar-refractivity contribution < 1.29 is 12.0 Å². The topological polar surface area (TPSA) is 54.0 Å². The normalized spacial score (nSPS) is 25.0. The van der Waals surface area contributed by atoms with E-state index in [1.165, 1.54) is 37.1 Å². The van der Waals surface area contributed by atoms with Crippen LogP contribution in [0.5, 0.6) is 0 Å². The van der Waals surface area contributed by atoms with Crippen LogP contribution in [0.3, 0.4) is 0 Å². The van der Waals surface area contributed by atoms with E-state index in [4.69, 9.17) is 4.98 Å². The van der Waals surface area contributed by atoms with Crippen molar-refractivity contribution in [2.45, 2.75) is 43.2 Å². The molecule has 2 saturated carbocycles.